The molecule has 2 aromatic carbocycles. The number of sulfonamides is 1. The van der Waals surface area contributed by atoms with E-state index in [9.17, 15) is 23.1 Å². The summed E-state index contributed by atoms with van der Waals surface area (Å²) in [5.41, 5.74) is 0.530. The van der Waals surface area contributed by atoms with Gasteiger partial charge in [-0.25, -0.2) is 22.6 Å². The highest BCUT2D eigenvalue weighted by Crippen LogP contribution is 2.35. The first-order valence-corrected chi connectivity index (χ1v) is 13.5. The Morgan fingerprint density at radius 2 is 1.79 bits per heavy atom. The van der Waals surface area contributed by atoms with E-state index in [1.165, 1.54) is 36.9 Å². The van der Waals surface area contributed by atoms with Crippen molar-refractivity contribution in [3.63, 3.8) is 0 Å². The molecule has 11 nitrogen and oxygen atoms in total. The molecule has 1 atom stereocenters. The molecule has 3 rings (SSSR count). The summed E-state index contributed by atoms with van der Waals surface area (Å²) in [6.45, 7) is 8.69. The number of nitrogens with one attached hydrogen (secondary N) is 2. The molecule has 0 saturated carbocycles. The number of carboxylic acids is 1. The van der Waals surface area contributed by atoms with Crippen LogP contribution in [0.15, 0.2) is 47.4 Å². The van der Waals surface area contributed by atoms with Gasteiger partial charge in [-0.05, 0) is 64.4 Å². The summed E-state index contributed by atoms with van der Waals surface area (Å²) >= 11 is 0. The van der Waals surface area contributed by atoms with Gasteiger partial charge in [0.1, 0.15) is 16.4 Å². The fraction of sp³-hybridized carbons (Fsp3) is 0.346. The average molecular weight is 545 g/mol. The van der Waals surface area contributed by atoms with Crippen molar-refractivity contribution in [2.75, 3.05) is 12.4 Å². The number of anilines is 1. The summed E-state index contributed by atoms with van der Waals surface area (Å²) in [5.74, 6) is -1.31. The van der Waals surface area contributed by atoms with Crippen LogP contribution in [0.5, 0.6) is 17.4 Å². The normalized spacial score (nSPS) is 12.3. The topological polar surface area (TPSA) is 149 Å². The van der Waals surface area contributed by atoms with E-state index in [0.717, 1.165) is 0 Å². The molecule has 0 fully saturated rings. The van der Waals surface area contributed by atoms with Gasteiger partial charge >= 0.3 is 5.97 Å². The molecule has 0 aliphatic heterocycles. The number of aromatic nitrogens is 2. The third-order valence-corrected chi connectivity index (χ3v) is 7.41. The van der Waals surface area contributed by atoms with Gasteiger partial charge in [0.25, 0.3) is 5.91 Å². The third-order valence-electron chi connectivity index (χ3n) is 5.80. The molecule has 0 aliphatic rings. The average Bonchev–Trinajstić information content (AvgIpc) is 3.20. The second-order valence-corrected chi connectivity index (χ2v) is 10.7. The number of hydrogen-bond donors (Lipinski definition) is 3. The molecule has 0 unspecified atom stereocenters. The smallest absolute Gasteiger partial charge is 0.356 e. The highest BCUT2D eigenvalue weighted by molar-refractivity contribution is 7.89. The van der Waals surface area contributed by atoms with Crippen molar-refractivity contribution in [2.24, 2.45) is 0 Å². The Morgan fingerprint density at radius 3 is 2.39 bits per heavy atom. The molecular weight excluding hydrogens is 512 g/mol. The minimum atomic E-state index is -4.11. The van der Waals surface area contributed by atoms with Gasteiger partial charge < -0.3 is 19.9 Å². The number of methoxy groups -OCH3 is 1. The van der Waals surface area contributed by atoms with Crippen molar-refractivity contribution in [1.82, 2.24) is 14.5 Å². The quantitative estimate of drug-likeness (QED) is 0.317. The molecular formula is C26H32N4O7S. The lowest BCUT2D eigenvalue weighted by Crippen LogP contribution is -2.32. The number of carbonyl (C=O) groups excluding carboxylic acids is 1. The van der Waals surface area contributed by atoms with Crippen molar-refractivity contribution in [3.8, 4) is 17.4 Å². The van der Waals surface area contributed by atoms with Crippen LogP contribution in [-0.4, -0.2) is 48.3 Å². The van der Waals surface area contributed by atoms with E-state index in [1.54, 1.807) is 45.0 Å². The number of carbonyl (C=O) groups is 2. The lowest BCUT2D eigenvalue weighted by Gasteiger charge is -2.18. The van der Waals surface area contributed by atoms with Gasteiger partial charge in [-0.15, -0.1) is 0 Å². The van der Waals surface area contributed by atoms with E-state index in [4.69, 9.17) is 9.47 Å². The summed E-state index contributed by atoms with van der Waals surface area (Å²) in [6.07, 6.45) is 0.543. The SMILES string of the molecule is CC[C@@H](C)NS(=O)(=O)c1cc(NC(=O)c2ccccc2OC)ccc1Oc1c(C)c(C(=O)O)nn1C(C)C. The third kappa shape index (κ3) is 6.14. The second kappa shape index (κ2) is 11.7. The summed E-state index contributed by atoms with van der Waals surface area (Å²) in [4.78, 5) is 24.4. The van der Waals surface area contributed by atoms with Crippen molar-refractivity contribution in [3.05, 3.63) is 59.3 Å². The Hall–Kier alpha value is -3.90. The number of amides is 1. The van der Waals surface area contributed by atoms with Gasteiger partial charge in [0.05, 0.1) is 18.7 Å². The molecule has 3 N–H and O–H groups in total. The van der Waals surface area contributed by atoms with Gasteiger partial charge in [0.15, 0.2) is 5.69 Å². The number of hydrogen-bond acceptors (Lipinski definition) is 7. The fourth-order valence-corrected chi connectivity index (χ4v) is 5.08. The molecule has 1 amide bonds. The lowest BCUT2D eigenvalue weighted by molar-refractivity contribution is 0.0688. The Bertz CT molecular complexity index is 1450. The molecule has 3 aromatic rings. The monoisotopic (exact) mass is 544 g/mol. The Labute approximate surface area is 221 Å². The van der Waals surface area contributed by atoms with Crippen LogP contribution < -0.4 is 19.5 Å². The molecule has 12 heteroatoms. The molecule has 0 bridgehead atoms. The van der Waals surface area contributed by atoms with E-state index in [0.29, 0.717) is 12.2 Å². The number of benzene rings is 2. The summed E-state index contributed by atoms with van der Waals surface area (Å²) in [7, 11) is -2.66. The van der Waals surface area contributed by atoms with E-state index < -0.39 is 21.9 Å². The Morgan fingerprint density at radius 1 is 1.11 bits per heavy atom. The lowest BCUT2D eigenvalue weighted by atomic mass is 10.2. The number of ether oxygens (including phenoxy) is 2. The predicted molar refractivity (Wildman–Crippen MR) is 142 cm³/mol. The zero-order valence-electron chi connectivity index (χ0n) is 22.1. The number of carboxylic acid groups (broad SMARTS) is 1. The van der Waals surface area contributed by atoms with E-state index in [2.05, 4.69) is 15.1 Å². The Kier molecular flexibility index (Phi) is 8.79. The maximum Gasteiger partial charge on any atom is 0.356 e. The van der Waals surface area contributed by atoms with E-state index >= 15 is 0 Å². The van der Waals surface area contributed by atoms with Crippen LogP contribution >= 0.6 is 0 Å². The molecule has 1 heterocycles. The highest BCUT2D eigenvalue weighted by Gasteiger charge is 2.27. The fourth-order valence-electron chi connectivity index (χ4n) is 3.60. The Balaban J connectivity index is 2.10. The van der Waals surface area contributed by atoms with Gasteiger partial charge in [-0.1, -0.05) is 19.1 Å². The largest absolute Gasteiger partial charge is 0.496 e. The number of para-hydroxylation sites is 1. The summed E-state index contributed by atoms with van der Waals surface area (Å²) in [5, 5.41) is 16.4. The number of aromatic carboxylic acids is 1. The van der Waals surface area contributed by atoms with Crippen LogP contribution in [0.4, 0.5) is 5.69 Å². The number of rotatable bonds is 11. The maximum atomic E-state index is 13.4. The van der Waals surface area contributed by atoms with Gasteiger partial charge in [0, 0.05) is 17.3 Å². The molecule has 0 radical (unpaired) electrons. The molecule has 0 spiro atoms. The van der Waals surface area contributed by atoms with E-state index in [1.807, 2.05) is 6.92 Å². The zero-order chi connectivity index (χ0) is 28.2. The predicted octanol–water partition coefficient (Wildman–Crippen LogP) is 4.60. The van der Waals surface area contributed by atoms with Gasteiger partial charge in [-0.3, -0.25) is 4.79 Å². The van der Waals surface area contributed by atoms with Crippen molar-refractivity contribution < 1.29 is 32.6 Å². The molecule has 1 aromatic heterocycles. The van der Waals surface area contributed by atoms with Gasteiger partial charge in [0.2, 0.25) is 15.9 Å². The van der Waals surface area contributed by atoms with E-state index in [-0.39, 0.29) is 51.1 Å². The van der Waals surface area contributed by atoms with Crippen LogP contribution in [0.2, 0.25) is 0 Å². The molecule has 38 heavy (non-hydrogen) atoms. The van der Waals surface area contributed by atoms with Crippen molar-refractivity contribution in [2.45, 2.75) is 58.0 Å². The van der Waals surface area contributed by atoms with Crippen LogP contribution in [0.25, 0.3) is 0 Å². The first kappa shape index (κ1) is 28.7. The van der Waals surface area contributed by atoms with Crippen LogP contribution in [-0.2, 0) is 10.0 Å². The molecule has 204 valence electrons. The molecule has 0 saturated heterocycles. The maximum absolute atomic E-state index is 13.4. The minimum absolute atomic E-state index is 0.0575. The molecule has 0 aliphatic carbocycles. The minimum Gasteiger partial charge on any atom is -0.496 e. The standard InChI is InChI=1S/C26H32N4O7S/c1-7-16(4)29-38(34,35)22-14-18(27-24(31)19-10-8-9-11-20(19)36-6)12-13-21(22)37-25-17(5)23(26(32)33)28-30(25)15(2)3/h8-16,29H,7H2,1-6H3,(H,27,31)(H,32,33)/t16-/m1/s1. The highest BCUT2D eigenvalue weighted by atomic mass is 32.2. The number of nitrogens with zero attached hydrogens (tertiary/aromatic N) is 2. The van der Waals surface area contributed by atoms with Crippen LogP contribution in [0.1, 0.15) is 66.6 Å². The van der Waals surface area contributed by atoms with Crippen molar-refractivity contribution in [1.29, 1.82) is 0 Å². The van der Waals surface area contributed by atoms with Crippen LogP contribution in [0, 0.1) is 6.92 Å². The second-order valence-electron chi connectivity index (χ2n) is 8.97. The summed E-state index contributed by atoms with van der Waals surface area (Å²) < 4.78 is 42.1. The van der Waals surface area contributed by atoms with Gasteiger partial charge in [-0.2, -0.15) is 5.10 Å². The summed E-state index contributed by atoms with van der Waals surface area (Å²) in [6, 6.07) is 10.2. The van der Waals surface area contributed by atoms with Crippen molar-refractivity contribution >= 4 is 27.6 Å². The first-order chi connectivity index (χ1) is 17.9. The first-order valence-electron chi connectivity index (χ1n) is 12.0. The zero-order valence-corrected chi connectivity index (χ0v) is 22.9. The van der Waals surface area contributed by atoms with Crippen LogP contribution in [0.3, 0.4) is 0 Å².